The molecule has 1 N–H and O–H groups in total. The molecule has 4 heteroatoms. The molecule has 2 amide bonds. The Labute approximate surface area is 77.5 Å². The largest absolute Gasteiger partial charge is 0.467 e. The number of carbonyl (C=O) groups is 1. The standard InChI is InChI=1S/C9H14N2O2/c1-3-10-9(12)11(2)7-8-5-4-6-13-8/h4-6H,3,7H2,1-2H3,(H,10,12). The van der Waals surface area contributed by atoms with E-state index in [9.17, 15) is 4.79 Å². The van der Waals surface area contributed by atoms with Crippen LogP contribution in [0.3, 0.4) is 0 Å². The first-order valence-corrected chi connectivity index (χ1v) is 4.25. The van der Waals surface area contributed by atoms with Crippen LogP contribution in [0, 0.1) is 0 Å². The molecule has 1 aromatic rings. The molecule has 4 nitrogen and oxygen atoms in total. The maximum atomic E-state index is 11.2. The summed E-state index contributed by atoms with van der Waals surface area (Å²) in [6.07, 6.45) is 1.60. The Morgan fingerprint density at radius 2 is 2.46 bits per heavy atom. The molecule has 0 atom stereocenters. The van der Waals surface area contributed by atoms with Gasteiger partial charge < -0.3 is 14.6 Å². The highest BCUT2D eigenvalue weighted by atomic mass is 16.3. The molecule has 1 aromatic heterocycles. The van der Waals surface area contributed by atoms with Crippen LogP contribution < -0.4 is 5.32 Å². The number of amides is 2. The molecular formula is C9H14N2O2. The second-order valence-electron chi connectivity index (χ2n) is 2.77. The molecule has 0 spiro atoms. The lowest BCUT2D eigenvalue weighted by atomic mass is 10.4. The van der Waals surface area contributed by atoms with Gasteiger partial charge in [0.15, 0.2) is 0 Å². The van der Waals surface area contributed by atoms with Crippen molar-refractivity contribution in [2.45, 2.75) is 13.5 Å². The lowest BCUT2D eigenvalue weighted by molar-refractivity contribution is 0.203. The lowest BCUT2D eigenvalue weighted by Crippen LogP contribution is -2.36. The van der Waals surface area contributed by atoms with Gasteiger partial charge in [-0.2, -0.15) is 0 Å². The first-order chi connectivity index (χ1) is 6.24. The molecular weight excluding hydrogens is 168 g/mol. The number of urea groups is 1. The Morgan fingerprint density at radius 3 is 3.00 bits per heavy atom. The van der Waals surface area contributed by atoms with E-state index < -0.39 is 0 Å². The van der Waals surface area contributed by atoms with E-state index >= 15 is 0 Å². The van der Waals surface area contributed by atoms with E-state index in [0.717, 1.165) is 5.76 Å². The zero-order chi connectivity index (χ0) is 9.68. The highest BCUT2D eigenvalue weighted by Gasteiger charge is 2.08. The van der Waals surface area contributed by atoms with Gasteiger partial charge in [0.05, 0.1) is 12.8 Å². The van der Waals surface area contributed by atoms with Gasteiger partial charge in [0, 0.05) is 13.6 Å². The molecule has 0 aliphatic rings. The molecule has 0 saturated heterocycles. The van der Waals surface area contributed by atoms with Gasteiger partial charge in [-0.15, -0.1) is 0 Å². The van der Waals surface area contributed by atoms with Crippen molar-refractivity contribution in [3.63, 3.8) is 0 Å². The maximum absolute atomic E-state index is 11.2. The van der Waals surface area contributed by atoms with Crippen molar-refractivity contribution in [1.82, 2.24) is 10.2 Å². The molecule has 0 unspecified atom stereocenters. The van der Waals surface area contributed by atoms with E-state index in [4.69, 9.17) is 4.42 Å². The summed E-state index contributed by atoms with van der Waals surface area (Å²) >= 11 is 0. The zero-order valence-corrected chi connectivity index (χ0v) is 7.91. The van der Waals surface area contributed by atoms with Gasteiger partial charge in [0.25, 0.3) is 0 Å². The fourth-order valence-corrected chi connectivity index (χ4v) is 0.994. The Kier molecular flexibility index (Phi) is 3.37. The van der Waals surface area contributed by atoms with Crippen molar-refractivity contribution >= 4 is 6.03 Å². The van der Waals surface area contributed by atoms with Crippen molar-refractivity contribution in [3.8, 4) is 0 Å². The quantitative estimate of drug-likeness (QED) is 0.768. The van der Waals surface area contributed by atoms with Crippen LogP contribution in [0.2, 0.25) is 0 Å². The third-order valence-electron chi connectivity index (χ3n) is 1.65. The van der Waals surface area contributed by atoms with Crippen LogP contribution in [0.25, 0.3) is 0 Å². The topological polar surface area (TPSA) is 45.5 Å². The summed E-state index contributed by atoms with van der Waals surface area (Å²) in [5.41, 5.74) is 0. The summed E-state index contributed by atoms with van der Waals surface area (Å²) in [7, 11) is 1.73. The van der Waals surface area contributed by atoms with Gasteiger partial charge in [0.2, 0.25) is 0 Å². The van der Waals surface area contributed by atoms with Crippen LogP contribution in [0.1, 0.15) is 12.7 Å². The molecule has 0 aromatic carbocycles. The van der Waals surface area contributed by atoms with E-state index in [2.05, 4.69) is 5.32 Å². The molecule has 13 heavy (non-hydrogen) atoms. The summed E-state index contributed by atoms with van der Waals surface area (Å²) in [5, 5.41) is 2.70. The van der Waals surface area contributed by atoms with Gasteiger partial charge >= 0.3 is 6.03 Å². The van der Waals surface area contributed by atoms with Gasteiger partial charge in [-0.05, 0) is 19.1 Å². The Bertz CT molecular complexity index is 257. The summed E-state index contributed by atoms with van der Waals surface area (Å²) < 4.78 is 5.11. The Morgan fingerprint density at radius 1 is 1.69 bits per heavy atom. The third-order valence-corrected chi connectivity index (χ3v) is 1.65. The van der Waals surface area contributed by atoms with Crippen molar-refractivity contribution < 1.29 is 9.21 Å². The molecule has 1 rings (SSSR count). The molecule has 0 radical (unpaired) electrons. The number of hydrogen-bond acceptors (Lipinski definition) is 2. The monoisotopic (exact) mass is 182 g/mol. The first kappa shape index (κ1) is 9.64. The van der Waals surface area contributed by atoms with E-state index in [-0.39, 0.29) is 6.03 Å². The second-order valence-corrected chi connectivity index (χ2v) is 2.77. The molecule has 0 bridgehead atoms. The van der Waals surface area contributed by atoms with Gasteiger partial charge in [-0.1, -0.05) is 0 Å². The minimum atomic E-state index is -0.0844. The minimum Gasteiger partial charge on any atom is -0.467 e. The van der Waals surface area contributed by atoms with Crippen molar-refractivity contribution in [2.75, 3.05) is 13.6 Å². The van der Waals surface area contributed by atoms with Crippen LogP contribution in [0.4, 0.5) is 4.79 Å². The molecule has 72 valence electrons. The average Bonchev–Trinajstić information content (AvgIpc) is 2.57. The van der Waals surface area contributed by atoms with Crippen molar-refractivity contribution in [2.24, 2.45) is 0 Å². The lowest BCUT2D eigenvalue weighted by Gasteiger charge is -2.15. The fourth-order valence-electron chi connectivity index (χ4n) is 0.994. The number of nitrogens with one attached hydrogen (secondary N) is 1. The molecule has 1 heterocycles. The highest BCUT2D eigenvalue weighted by molar-refractivity contribution is 5.73. The van der Waals surface area contributed by atoms with Gasteiger partial charge in [-0.25, -0.2) is 4.79 Å². The predicted octanol–water partition coefficient (Wildman–Crippen LogP) is 1.44. The normalized spacial score (nSPS) is 9.69. The number of carbonyl (C=O) groups excluding carboxylic acids is 1. The SMILES string of the molecule is CCNC(=O)N(C)Cc1ccco1. The van der Waals surface area contributed by atoms with Gasteiger partial charge in [-0.3, -0.25) is 0 Å². The molecule has 0 saturated carbocycles. The van der Waals surface area contributed by atoms with Crippen LogP contribution in [0.5, 0.6) is 0 Å². The minimum absolute atomic E-state index is 0.0844. The van der Waals surface area contributed by atoms with E-state index in [1.807, 2.05) is 13.0 Å². The van der Waals surface area contributed by atoms with Gasteiger partial charge in [0.1, 0.15) is 5.76 Å². The van der Waals surface area contributed by atoms with Crippen molar-refractivity contribution in [3.05, 3.63) is 24.2 Å². The fraction of sp³-hybridized carbons (Fsp3) is 0.444. The van der Waals surface area contributed by atoms with E-state index in [1.165, 1.54) is 0 Å². The first-order valence-electron chi connectivity index (χ1n) is 4.25. The average molecular weight is 182 g/mol. The predicted molar refractivity (Wildman–Crippen MR) is 49.2 cm³/mol. The van der Waals surface area contributed by atoms with Crippen LogP contribution in [0.15, 0.2) is 22.8 Å². The van der Waals surface area contributed by atoms with E-state index in [1.54, 1.807) is 24.3 Å². The van der Waals surface area contributed by atoms with Crippen molar-refractivity contribution in [1.29, 1.82) is 0 Å². The second kappa shape index (κ2) is 4.54. The number of hydrogen-bond donors (Lipinski definition) is 1. The molecule has 0 aliphatic carbocycles. The van der Waals surface area contributed by atoms with Crippen LogP contribution in [-0.4, -0.2) is 24.5 Å². The summed E-state index contributed by atoms with van der Waals surface area (Å²) in [6.45, 7) is 3.03. The summed E-state index contributed by atoms with van der Waals surface area (Å²) in [4.78, 5) is 12.8. The Balaban J connectivity index is 2.41. The van der Waals surface area contributed by atoms with Crippen LogP contribution in [-0.2, 0) is 6.54 Å². The zero-order valence-electron chi connectivity index (χ0n) is 7.91. The smallest absolute Gasteiger partial charge is 0.317 e. The number of nitrogens with zero attached hydrogens (tertiary/aromatic N) is 1. The summed E-state index contributed by atoms with van der Waals surface area (Å²) in [5.74, 6) is 0.786. The Hall–Kier alpha value is -1.45. The van der Waals surface area contributed by atoms with E-state index in [0.29, 0.717) is 13.1 Å². The summed E-state index contributed by atoms with van der Waals surface area (Å²) in [6, 6.07) is 3.57. The number of furan rings is 1. The van der Waals surface area contributed by atoms with Crippen LogP contribution >= 0.6 is 0 Å². The highest BCUT2D eigenvalue weighted by Crippen LogP contribution is 2.03. The molecule has 0 aliphatic heterocycles. The molecule has 0 fully saturated rings. The number of rotatable bonds is 3. The maximum Gasteiger partial charge on any atom is 0.317 e. The third kappa shape index (κ3) is 2.82.